The van der Waals surface area contributed by atoms with Gasteiger partial charge in [-0.25, -0.2) is 0 Å². The molecule has 7 aliphatic carbocycles. The molecule has 2 heteroatoms. The Morgan fingerprint density at radius 2 is 0.818 bits per heavy atom. The van der Waals surface area contributed by atoms with Crippen LogP contribution in [0.4, 0.5) is 0 Å². The third-order valence-electron chi connectivity index (χ3n) is 11.3. The molecule has 9 fully saturated rings. The van der Waals surface area contributed by atoms with Crippen molar-refractivity contribution in [3.8, 4) is 0 Å². The van der Waals surface area contributed by atoms with E-state index in [2.05, 4.69) is 0 Å². The molecule has 116 valence electrons. The van der Waals surface area contributed by atoms with E-state index in [-0.39, 0.29) is 0 Å². The van der Waals surface area contributed by atoms with Crippen molar-refractivity contribution in [1.29, 1.82) is 0 Å². The first-order valence-electron chi connectivity index (χ1n) is 10.2. The molecule has 7 saturated carbocycles. The van der Waals surface area contributed by atoms with E-state index in [1.54, 1.807) is 0 Å². The van der Waals surface area contributed by atoms with Gasteiger partial charge < -0.3 is 9.47 Å². The lowest BCUT2D eigenvalue weighted by Gasteiger charge is -2.28. The van der Waals surface area contributed by atoms with Crippen molar-refractivity contribution in [2.75, 3.05) is 0 Å². The van der Waals surface area contributed by atoms with Gasteiger partial charge in [0.05, 0.1) is 0 Å². The maximum absolute atomic E-state index is 6.96. The molecule has 10 bridgehead atoms. The maximum Gasteiger partial charge on any atom is 0.102 e. The molecule has 0 aromatic carbocycles. The molecule has 2 heterocycles. The fourth-order valence-corrected chi connectivity index (χ4v) is 11.4. The summed E-state index contributed by atoms with van der Waals surface area (Å²) in [6.45, 7) is 0. The van der Waals surface area contributed by atoms with Crippen LogP contribution < -0.4 is 0 Å². The molecule has 9 rings (SSSR count). The van der Waals surface area contributed by atoms with Crippen LogP contribution in [0.1, 0.15) is 51.4 Å². The molecule has 22 heavy (non-hydrogen) atoms. The summed E-state index contributed by atoms with van der Waals surface area (Å²) in [5, 5.41) is 0. The molecule has 12 atom stereocenters. The third kappa shape index (κ3) is 0.660. The van der Waals surface area contributed by atoms with E-state index in [4.69, 9.17) is 9.47 Å². The maximum atomic E-state index is 6.96. The molecule has 9 aliphatic rings. The predicted molar refractivity (Wildman–Crippen MR) is 78.0 cm³/mol. The molecule has 8 unspecified atom stereocenters. The van der Waals surface area contributed by atoms with E-state index in [0.29, 0.717) is 22.4 Å². The minimum atomic E-state index is 0.372. The smallest absolute Gasteiger partial charge is 0.102 e. The molecular weight excluding hydrogens is 272 g/mol. The molecule has 4 spiro atoms. The summed E-state index contributed by atoms with van der Waals surface area (Å²) in [6.07, 6.45) is 11.6. The van der Waals surface area contributed by atoms with E-state index in [9.17, 15) is 0 Å². The first kappa shape index (κ1) is 10.7. The van der Waals surface area contributed by atoms with Crippen molar-refractivity contribution >= 4 is 0 Å². The van der Waals surface area contributed by atoms with Gasteiger partial charge in [0.2, 0.25) is 0 Å². The third-order valence-corrected chi connectivity index (χ3v) is 11.3. The first-order chi connectivity index (χ1) is 10.7. The average molecular weight is 296 g/mol. The van der Waals surface area contributed by atoms with Crippen LogP contribution in [0, 0.1) is 47.3 Å². The highest BCUT2D eigenvalue weighted by molar-refractivity contribution is 5.43. The van der Waals surface area contributed by atoms with Crippen LogP contribution in [0.5, 0.6) is 0 Å². The van der Waals surface area contributed by atoms with Gasteiger partial charge in [0.25, 0.3) is 0 Å². The Hall–Kier alpha value is -0.0800. The van der Waals surface area contributed by atoms with Crippen LogP contribution in [0.25, 0.3) is 0 Å². The molecule has 0 radical (unpaired) electrons. The van der Waals surface area contributed by atoms with Gasteiger partial charge in [0.1, 0.15) is 22.4 Å². The fraction of sp³-hybridized carbons (Fsp3) is 1.00. The van der Waals surface area contributed by atoms with Gasteiger partial charge in [0, 0.05) is 0 Å². The highest BCUT2D eigenvalue weighted by atomic mass is 16.6. The second kappa shape index (κ2) is 2.47. The topological polar surface area (TPSA) is 25.1 Å². The summed E-state index contributed by atoms with van der Waals surface area (Å²) in [5.41, 5.74) is 1.49. The Bertz CT molecular complexity index is 579. The minimum Gasteiger partial charge on any atom is -0.362 e. The highest BCUT2D eigenvalue weighted by Gasteiger charge is 2.95. The first-order valence-corrected chi connectivity index (χ1v) is 10.2. The number of ether oxygens (including phenoxy) is 2. The van der Waals surface area contributed by atoms with Crippen LogP contribution in [-0.4, -0.2) is 22.4 Å². The largest absolute Gasteiger partial charge is 0.362 e. The summed E-state index contributed by atoms with van der Waals surface area (Å²) in [6, 6.07) is 0. The van der Waals surface area contributed by atoms with Gasteiger partial charge in [-0.3, -0.25) is 0 Å². The molecule has 2 saturated heterocycles. The van der Waals surface area contributed by atoms with Gasteiger partial charge in [0.15, 0.2) is 0 Å². The van der Waals surface area contributed by atoms with Gasteiger partial charge in [-0.1, -0.05) is 0 Å². The van der Waals surface area contributed by atoms with Crippen molar-refractivity contribution < 1.29 is 9.47 Å². The summed E-state index contributed by atoms with van der Waals surface area (Å²) in [4.78, 5) is 0. The summed E-state index contributed by atoms with van der Waals surface area (Å²) < 4.78 is 13.9. The monoisotopic (exact) mass is 296 g/mol. The molecule has 0 N–H and O–H groups in total. The summed E-state index contributed by atoms with van der Waals surface area (Å²) >= 11 is 0. The second-order valence-corrected chi connectivity index (χ2v) is 10.8. The Morgan fingerprint density at radius 1 is 0.500 bits per heavy atom. The minimum absolute atomic E-state index is 0.372. The van der Waals surface area contributed by atoms with Crippen molar-refractivity contribution in [3.05, 3.63) is 0 Å². The van der Waals surface area contributed by atoms with E-state index in [0.717, 1.165) is 47.3 Å². The number of hydrogen-bond donors (Lipinski definition) is 0. The molecule has 2 nitrogen and oxygen atoms in total. The predicted octanol–water partition coefficient (Wildman–Crippen LogP) is 3.15. The zero-order valence-electron chi connectivity index (χ0n) is 13.1. The van der Waals surface area contributed by atoms with E-state index in [1.165, 1.54) is 51.4 Å². The molecular formula is C20H24O2. The number of epoxide rings is 2. The second-order valence-electron chi connectivity index (χ2n) is 10.8. The lowest BCUT2D eigenvalue weighted by atomic mass is 9.70. The van der Waals surface area contributed by atoms with Crippen molar-refractivity contribution in [2.24, 2.45) is 47.3 Å². The summed E-state index contributed by atoms with van der Waals surface area (Å²) in [7, 11) is 0. The molecule has 2 aliphatic heterocycles. The van der Waals surface area contributed by atoms with Crippen molar-refractivity contribution in [1.82, 2.24) is 0 Å². The zero-order valence-corrected chi connectivity index (χ0v) is 13.1. The van der Waals surface area contributed by atoms with Crippen molar-refractivity contribution in [2.45, 2.75) is 73.8 Å². The lowest BCUT2D eigenvalue weighted by Crippen LogP contribution is -2.39. The van der Waals surface area contributed by atoms with Gasteiger partial charge in [-0.15, -0.1) is 0 Å². The van der Waals surface area contributed by atoms with Crippen molar-refractivity contribution in [3.63, 3.8) is 0 Å². The highest BCUT2D eigenvalue weighted by Crippen LogP contribution is 2.89. The normalized spacial score (nSPS) is 85.1. The van der Waals surface area contributed by atoms with Crippen LogP contribution in [0.15, 0.2) is 0 Å². The molecule has 0 aromatic rings. The van der Waals surface area contributed by atoms with Crippen LogP contribution in [0.3, 0.4) is 0 Å². The Balaban J connectivity index is 1.42. The van der Waals surface area contributed by atoms with Gasteiger partial charge in [-0.05, 0) is 98.7 Å². The number of hydrogen-bond acceptors (Lipinski definition) is 2. The Kier molecular flexibility index (Phi) is 1.21. The van der Waals surface area contributed by atoms with Gasteiger partial charge in [-0.2, -0.15) is 0 Å². The zero-order chi connectivity index (χ0) is 13.7. The number of rotatable bonds is 0. The quantitative estimate of drug-likeness (QED) is 0.642. The van der Waals surface area contributed by atoms with Gasteiger partial charge >= 0.3 is 0 Å². The van der Waals surface area contributed by atoms with Crippen LogP contribution >= 0.6 is 0 Å². The van der Waals surface area contributed by atoms with E-state index < -0.39 is 0 Å². The standard InChI is InChI=1S/C20H24O2/c1-2-12-15-9-5-17(11(1)15)19(21-17)7-10-8-20(18(12,6-9)22-20)14-4-3-13(19)16(10)14/h9-16H,1-8H2/t9?,10?,11?,12?,13?,14?,15?,16?,17-,18+,19-,20+. The molecule has 0 aromatic heterocycles. The van der Waals surface area contributed by atoms with Crippen LogP contribution in [0.2, 0.25) is 0 Å². The van der Waals surface area contributed by atoms with E-state index in [1.807, 2.05) is 0 Å². The Labute approximate surface area is 131 Å². The average Bonchev–Trinajstić information content (AvgIpc) is 2.91. The van der Waals surface area contributed by atoms with E-state index >= 15 is 0 Å². The molecule has 0 amide bonds. The lowest BCUT2D eigenvalue weighted by molar-refractivity contribution is 0.175. The SMILES string of the molecule is C1CC2C3C4C[C@]5(O[C@]56CC5C[C@@]7(O[C@]27C4)C2CCC6C52)C13. The Morgan fingerprint density at radius 3 is 1.14 bits per heavy atom. The fourth-order valence-electron chi connectivity index (χ4n) is 11.4. The van der Waals surface area contributed by atoms with Crippen LogP contribution in [-0.2, 0) is 9.47 Å². The summed E-state index contributed by atoms with van der Waals surface area (Å²) in [5.74, 6) is 7.64.